The summed E-state index contributed by atoms with van der Waals surface area (Å²) < 4.78 is 5.61. The third-order valence-electron chi connectivity index (χ3n) is 2.65. The summed E-state index contributed by atoms with van der Waals surface area (Å²) in [7, 11) is 0. The molecule has 0 aliphatic carbocycles. The van der Waals surface area contributed by atoms with Gasteiger partial charge in [-0.25, -0.2) is 0 Å². The molecular weight excluding hydrogens is 196 g/mol. The molecule has 0 fully saturated rings. The summed E-state index contributed by atoms with van der Waals surface area (Å²) in [5.74, 6) is 0. The van der Waals surface area contributed by atoms with E-state index < -0.39 is 0 Å². The molecule has 0 N–H and O–H groups in total. The highest BCUT2D eigenvalue weighted by molar-refractivity contribution is 5.13. The molecule has 0 bridgehead atoms. The zero-order valence-corrected chi connectivity index (χ0v) is 10.2. The number of hydrogen-bond acceptors (Lipinski definition) is 1. The summed E-state index contributed by atoms with van der Waals surface area (Å²) in [6, 6.07) is 10.4. The van der Waals surface area contributed by atoms with E-state index >= 15 is 0 Å². The van der Waals surface area contributed by atoms with E-state index in [1.54, 1.807) is 0 Å². The second kappa shape index (κ2) is 9.41. The Bertz CT molecular complexity index is 243. The van der Waals surface area contributed by atoms with Crippen molar-refractivity contribution >= 4 is 0 Å². The molecule has 1 radical (unpaired) electrons. The summed E-state index contributed by atoms with van der Waals surface area (Å²) in [5.41, 5.74) is 1.26. The maximum Gasteiger partial charge on any atom is 0.0716 e. The Kier molecular flexibility index (Phi) is 7.79. The molecular formula is C15H23O. The number of benzene rings is 1. The summed E-state index contributed by atoms with van der Waals surface area (Å²) in [4.78, 5) is 0. The average molecular weight is 219 g/mol. The first-order valence-corrected chi connectivity index (χ1v) is 6.34. The fraction of sp³-hybridized carbons (Fsp3) is 0.533. The van der Waals surface area contributed by atoms with Crippen molar-refractivity contribution in [3.8, 4) is 0 Å². The molecule has 1 nitrogen and oxygen atoms in total. The molecule has 0 unspecified atom stereocenters. The molecule has 1 rings (SSSR count). The molecule has 1 heteroatoms. The lowest BCUT2D eigenvalue weighted by Crippen LogP contribution is -1.95. The van der Waals surface area contributed by atoms with Gasteiger partial charge in [-0.2, -0.15) is 0 Å². The zero-order valence-electron chi connectivity index (χ0n) is 10.2. The van der Waals surface area contributed by atoms with E-state index in [0.717, 1.165) is 19.6 Å². The van der Waals surface area contributed by atoms with Crippen LogP contribution in [0.3, 0.4) is 0 Å². The van der Waals surface area contributed by atoms with Gasteiger partial charge in [0, 0.05) is 6.61 Å². The van der Waals surface area contributed by atoms with Crippen molar-refractivity contribution in [1.82, 2.24) is 0 Å². The van der Waals surface area contributed by atoms with Gasteiger partial charge in [0.25, 0.3) is 0 Å². The van der Waals surface area contributed by atoms with Gasteiger partial charge in [0.05, 0.1) is 6.61 Å². The fourth-order valence-electron chi connectivity index (χ4n) is 1.68. The van der Waals surface area contributed by atoms with Crippen LogP contribution in [-0.4, -0.2) is 6.61 Å². The standard InChI is InChI=1S/C15H23O/c1-2-3-4-5-6-10-13-16-14-15-11-8-7-9-12-15/h7-9,11-12H,1-6,10,13-14H2. The minimum absolute atomic E-state index is 0.750. The van der Waals surface area contributed by atoms with E-state index in [2.05, 4.69) is 31.2 Å². The summed E-state index contributed by atoms with van der Waals surface area (Å²) in [6.45, 7) is 5.48. The van der Waals surface area contributed by atoms with Gasteiger partial charge in [0.1, 0.15) is 0 Å². The summed E-state index contributed by atoms with van der Waals surface area (Å²) in [5, 5.41) is 0. The van der Waals surface area contributed by atoms with Crippen LogP contribution in [0.2, 0.25) is 0 Å². The predicted octanol–water partition coefficient (Wildman–Crippen LogP) is 4.38. The van der Waals surface area contributed by atoms with Crippen LogP contribution in [0.25, 0.3) is 0 Å². The molecule has 0 saturated carbocycles. The lowest BCUT2D eigenvalue weighted by Gasteiger charge is -2.04. The highest BCUT2D eigenvalue weighted by Gasteiger charge is 1.92. The molecule has 0 saturated heterocycles. The largest absolute Gasteiger partial charge is 0.377 e. The quantitative estimate of drug-likeness (QED) is 0.560. The second-order valence-corrected chi connectivity index (χ2v) is 4.16. The van der Waals surface area contributed by atoms with Gasteiger partial charge in [-0.3, -0.25) is 0 Å². The Labute approximate surface area is 99.8 Å². The smallest absolute Gasteiger partial charge is 0.0716 e. The Morgan fingerprint density at radius 3 is 2.31 bits per heavy atom. The normalized spacial score (nSPS) is 10.6. The SMILES string of the molecule is [CH2]CCCCCCCOCc1ccccc1. The molecule has 89 valence electrons. The molecule has 0 aliphatic heterocycles. The van der Waals surface area contributed by atoms with E-state index in [1.165, 1.54) is 37.7 Å². The number of unbranched alkanes of at least 4 members (excludes halogenated alkanes) is 5. The van der Waals surface area contributed by atoms with Crippen LogP contribution in [0.1, 0.15) is 44.1 Å². The van der Waals surface area contributed by atoms with E-state index in [0.29, 0.717) is 0 Å². The maximum absolute atomic E-state index is 5.61. The first-order valence-electron chi connectivity index (χ1n) is 6.34. The van der Waals surface area contributed by atoms with E-state index in [-0.39, 0.29) is 0 Å². The van der Waals surface area contributed by atoms with Crippen molar-refractivity contribution in [2.75, 3.05) is 6.61 Å². The van der Waals surface area contributed by atoms with Crippen LogP contribution >= 0.6 is 0 Å². The van der Waals surface area contributed by atoms with Crippen LogP contribution in [0.5, 0.6) is 0 Å². The number of ether oxygens (including phenoxy) is 1. The lowest BCUT2D eigenvalue weighted by atomic mass is 10.1. The van der Waals surface area contributed by atoms with Gasteiger partial charge in [-0.05, 0) is 12.0 Å². The van der Waals surface area contributed by atoms with Crippen LogP contribution in [-0.2, 0) is 11.3 Å². The van der Waals surface area contributed by atoms with E-state index in [4.69, 9.17) is 4.74 Å². The van der Waals surface area contributed by atoms with Crippen molar-refractivity contribution in [2.24, 2.45) is 0 Å². The molecule has 0 aliphatic rings. The van der Waals surface area contributed by atoms with Crippen LogP contribution < -0.4 is 0 Å². The third-order valence-corrected chi connectivity index (χ3v) is 2.65. The second-order valence-electron chi connectivity index (χ2n) is 4.16. The molecule has 0 heterocycles. The minimum Gasteiger partial charge on any atom is -0.377 e. The fourth-order valence-corrected chi connectivity index (χ4v) is 1.68. The van der Waals surface area contributed by atoms with Crippen LogP contribution in [0.15, 0.2) is 30.3 Å². The zero-order chi connectivity index (χ0) is 11.5. The maximum atomic E-state index is 5.61. The Balaban J connectivity index is 1.89. The van der Waals surface area contributed by atoms with Gasteiger partial charge in [-0.1, -0.05) is 69.4 Å². The van der Waals surface area contributed by atoms with Crippen LogP contribution in [0.4, 0.5) is 0 Å². The Morgan fingerprint density at radius 2 is 1.56 bits per heavy atom. The van der Waals surface area contributed by atoms with E-state index in [1.807, 2.05) is 6.07 Å². The summed E-state index contributed by atoms with van der Waals surface area (Å²) >= 11 is 0. The Hall–Kier alpha value is -0.820. The predicted molar refractivity (Wildman–Crippen MR) is 69.2 cm³/mol. The Morgan fingerprint density at radius 1 is 0.875 bits per heavy atom. The lowest BCUT2D eigenvalue weighted by molar-refractivity contribution is 0.116. The van der Waals surface area contributed by atoms with Crippen molar-refractivity contribution in [3.05, 3.63) is 42.8 Å². The number of hydrogen-bond donors (Lipinski definition) is 0. The molecule has 0 aromatic heterocycles. The van der Waals surface area contributed by atoms with E-state index in [9.17, 15) is 0 Å². The van der Waals surface area contributed by atoms with Gasteiger partial charge in [0.2, 0.25) is 0 Å². The summed E-state index contributed by atoms with van der Waals surface area (Å²) in [6.07, 6.45) is 7.46. The molecule has 1 aromatic carbocycles. The van der Waals surface area contributed by atoms with Gasteiger partial charge in [-0.15, -0.1) is 0 Å². The molecule has 0 atom stereocenters. The van der Waals surface area contributed by atoms with Crippen molar-refractivity contribution in [2.45, 2.75) is 45.1 Å². The number of rotatable bonds is 9. The average Bonchev–Trinajstić information content (AvgIpc) is 2.34. The highest BCUT2D eigenvalue weighted by Crippen LogP contribution is 2.06. The monoisotopic (exact) mass is 219 g/mol. The van der Waals surface area contributed by atoms with Crippen LogP contribution in [0, 0.1) is 6.92 Å². The first-order chi connectivity index (χ1) is 7.93. The van der Waals surface area contributed by atoms with Crippen molar-refractivity contribution < 1.29 is 4.74 Å². The topological polar surface area (TPSA) is 9.23 Å². The third kappa shape index (κ3) is 6.62. The molecule has 0 amide bonds. The van der Waals surface area contributed by atoms with Gasteiger partial charge < -0.3 is 4.74 Å². The molecule has 16 heavy (non-hydrogen) atoms. The van der Waals surface area contributed by atoms with Gasteiger partial charge >= 0.3 is 0 Å². The molecule has 1 aromatic rings. The first kappa shape index (κ1) is 13.2. The molecule has 0 spiro atoms. The highest BCUT2D eigenvalue weighted by atomic mass is 16.5. The van der Waals surface area contributed by atoms with Crippen molar-refractivity contribution in [1.29, 1.82) is 0 Å². The van der Waals surface area contributed by atoms with Crippen molar-refractivity contribution in [3.63, 3.8) is 0 Å². The minimum atomic E-state index is 0.750. The van der Waals surface area contributed by atoms with Gasteiger partial charge in [0.15, 0.2) is 0 Å².